The molecular formula is C15H25ClN2O. The van der Waals surface area contributed by atoms with Crippen molar-refractivity contribution in [2.24, 2.45) is 17.1 Å². The Morgan fingerprint density at radius 2 is 1.79 bits per heavy atom. The van der Waals surface area contributed by atoms with Gasteiger partial charge in [0.05, 0.1) is 0 Å². The molecule has 1 amide bonds. The number of carbonyl (C=O) groups is 1. The van der Waals surface area contributed by atoms with Crippen LogP contribution in [0.3, 0.4) is 0 Å². The lowest BCUT2D eigenvalue weighted by Crippen LogP contribution is -2.23. The van der Waals surface area contributed by atoms with Gasteiger partial charge in [0.15, 0.2) is 0 Å². The molecule has 1 rings (SSSR count). The first-order chi connectivity index (χ1) is 8.32. The Bertz CT molecular complexity index is 396. The van der Waals surface area contributed by atoms with Crippen LogP contribution in [0.2, 0.25) is 0 Å². The molecule has 4 heteroatoms. The number of rotatable bonds is 4. The second-order valence-electron chi connectivity index (χ2n) is 5.92. The van der Waals surface area contributed by atoms with Crippen LogP contribution in [0.15, 0.2) is 24.3 Å². The van der Waals surface area contributed by atoms with Crippen LogP contribution >= 0.6 is 12.4 Å². The zero-order valence-corrected chi connectivity index (χ0v) is 13.0. The summed E-state index contributed by atoms with van der Waals surface area (Å²) < 4.78 is 0. The zero-order chi connectivity index (χ0) is 13.8. The summed E-state index contributed by atoms with van der Waals surface area (Å²) in [4.78, 5) is 11.9. The highest BCUT2D eigenvalue weighted by Gasteiger charge is 2.22. The highest BCUT2D eigenvalue weighted by Crippen LogP contribution is 2.28. The molecule has 0 aliphatic rings. The molecule has 1 aromatic rings. The summed E-state index contributed by atoms with van der Waals surface area (Å²) in [6.07, 6.45) is 0.544. The molecule has 1 atom stereocenters. The summed E-state index contributed by atoms with van der Waals surface area (Å²) in [5.74, 6) is 0.415. The molecule has 1 unspecified atom stereocenters. The van der Waals surface area contributed by atoms with Crippen molar-refractivity contribution in [1.82, 2.24) is 0 Å². The molecule has 0 spiro atoms. The van der Waals surface area contributed by atoms with E-state index in [2.05, 4.69) is 33.0 Å². The highest BCUT2D eigenvalue weighted by molar-refractivity contribution is 5.90. The van der Waals surface area contributed by atoms with Crippen LogP contribution in [0.5, 0.6) is 0 Å². The minimum absolute atomic E-state index is 0. The average molecular weight is 285 g/mol. The molecule has 3 N–H and O–H groups in total. The molecule has 0 fully saturated rings. The maximum absolute atomic E-state index is 11.9. The fraction of sp³-hybridized carbons (Fsp3) is 0.533. The molecule has 0 aliphatic carbocycles. The third-order valence-electron chi connectivity index (χ3n) is 3.44. The summed E-state index contributed by atoms with van der Waals surface area (Å²) >= 11 is 0. The van der Waals surface area contributed by atoms with E-state index in [1.54, 1.807) is 0 Å². The Morgan fingerprint density at radius 3 is 2.21 bits per heavy atom. The molecule has 0 bridgehead atoms. The van der Waals surface area contributed by atoms with Crippen LogP contribution in [0.1, 0.15) is 39.7 Å². The quantitative estimate of drug-likeness (QED) is 0.888. The summed E-state index contributed by atoms with van der Waals surface area (Å²) in [5, 5.41) is 2.92. The summed E-state index contributed by atoms with van der Waals surface area (Å²) in [7, 11) is 0. The maximum atomic E-state index is 11.9. The van der Waals surface area contributed by atoms with E-state index in [4.69, 9.17) is 5.73 Å². The molecule has 0 saturated carbocycles. The molecule has 0 heterocycles. The number of halogens is 1. The van der Waals surface area contributed by atoms with Crippen LogP contribution < -0.4 is 11.1 Å². The Hall–Kier alpha value is -1.06. The van der Waals surface area contributed by atoms with Crippen molar-refractivity contribution in [1.29, 1.82) is 0 Å². The maximum Gasteiger partial charge on any atom is 0.224 e. The topological polar surface area (TPSA) is 55.1 Å². The van der Waals surface area contributed by atoms with Crippen molar-refractivity contribution in [3.63, 3.8) is 0 Å². The van der Waals surface area contributed by atoms with Crippen molar-refractivity contribution in [3.8, 4) is 0 Å². The Kier molecular flexibility index (Phi) is 7.09. The van der Waals surface area contributed by atoms with Gasteiger partial charge in [-0.15, -0.1) is 12.4 Å². The fourth-order valence-corrected chi connectivity index (χ4v) is 1.52. The van der Waals surface area contributed by atoms with Gasteiger partial charge in [-0.2, -0.15) is 0 Å². The Balaban J connectivity index is 0.00000324. The number of benzene rings is 1. The van der Waals surface area contributed by atoms with Crippen molar-refractivity contribution in [3.05, 3.63) is 29.8 Å². The van der Waals surface area contributed by atoms with Crippen molar-refractivity contribution in [2.75, 3.05) is 5.32 Å². The van der Waals surface area contributed by atoms with E-state index in [9.17, 15) is 4.79 Å². The van der Waals surface area contributed by atoms with Gasteiger partial charge in [-0.25, -0.2) is 0 Å². The van der Waals surface area contributed by atoms with Gasteiger partial charge in [-0.3, -0.25) is 4.79 Å². The van der Waals surface area contributed by atoms with Crippen molar-refractivity contribution < 1.29 is 4.79 Å². The summed E-state index contributed by atoms with van der Waals surface area (Å²) in [5.41, 5.74) is 7.58. The van der Waals surface area contributed by atoms with E-state index >= 15 is 0 Å². The predicted octanol–water partition coefficient (Wildman–Crippen LogP) is 3.58. The van der Waals surface area contributed by atoms with Crippen LogP contribution in [-0.2, 0) is 11.3 Å². The number of anilines is 1. The summed E-state index contributed by atoms with van der Waals surface area (Å²) in [6.45, 7) is 9.09. The van der Waals surface area contributed by atoms with Crippen LogP contribution in [0.4, 0.5) is 5.69 Å². The smallest absolute Gasteiger partial charge is 0.224 e. The van der Waals surface area contributed by atoms with Crippen LogP contribution in [-0.4, -0.2) is 5.91 Å². The first kappa shape index (κ1) is 17.9. The molecular weight excluding hydrogens is 260 g/mol. The number of carbonyl (C=O) groups excluding carboxylic acids is 1. The van der Waals surface area contributed by atoms with E-state index in [1.165, 1.54) is 0 Å². The number of hydrogen-bond acceptors (Lipinski definition) is 2. The van der Waals surface area contributed by atoms with E-state index in [-0.39, 0.29) is 23.7 Å². The van der Waals surface area contributed by atoms with Gasteiger partial charge in [0.2, 0.25) is 5.91 Å². The SMILES string of the molecule is CC(CC(=O)Nc1ccc(CN)cc1)C(C)(C)C.Cl. The molecule has 108 valence electrons. The summed E-state index contributed by atoms with van der Waals surface area (Å²) in [6, 6.07) is 7.65. The van der Waals surface area contributed by atoms with Gasteiger partial charge in [-0.05, 0) is 29.0 Å². The van der Waals surface area contributed by atoms with Gasteiger partial charge in [0, 0.05) is 18.7 Å². The number of nitrogens with two attached hydrogens (primary N) is 1. The fourth-order valence-electron chi connectivity index (χ4n) is 1.52. The van der Waals surface area contributed by atoms with E-state index < -0.39 is 0 Å². The minimum Gasteiger partial charge on any atom is -0.326 e. The molecule has 0 radical (unpaired) electrons. The van der Waals surface area contributed by atoms with E-state index in [1.807, 2.05) is 24.3 Å². The second-order valence-corrected chi connectivity index (χ2v) is 5.92. The lowest BCUT2D eigenvalue weighted by Gasteiger charge is -2.26. The molecule has 19 heavy (non-hydrogen) atoms. The molecule has 0 saturated heterocycles. The molecule has 0 aliphatic heterocycles. The van der Waals surface area contributed by atoms with Crippen molar-refractivity contribution in [2.45, 2.75) is 40.7 Å². The zero-order valence-electron chi connectivity index (χ0n) is 12.2. The number of nitrogens with one attached hydrogen (secondary N) is 1. The first-order valence-corrected chi connectivity index (χ1v) is 6.42. The lowest BCUT2D eigenvalue weighted by molar-refractivity contribution is -0.117. The largest absolute Gasteiger partial charge is 0.326 e. The predicted molar refractivity (Wildman–Crippen MR) is 83.4 cm³/mol. The molecule has 3 nitrogen and oxygen atoms in total. The van der Waals surface area contributed by atoms with Gasteiger partial charge in [0.1, 0.15) is 0 Å². The monoisotopic (exact) mass is 284 g/mol. The van der Waals surface area contributed by atoms with Gasteiger partial charge >= 0.3 is 0 Å². The Labute approximate surface area is 122 Å². The standard InChI is InChI=1S/C15H24N2O.ClH/c1-11(15(2,3)4)9-14(18)17-13-7-5-12(10-16)6-8-13;/h5-8,11H,9-10,16H2,1-4H3,(H,17,18);1H. The molecule has 1 aromatic carbocycles. The first-order valence-electron chi connectivity index (χ1n) is 6.42. The van der Waals surface area contributed by atoms with Crippen LogP contribution in [0.25, 0.3) is 0 Å². The van der Waals surface area contributed by atoms with Crippen LogP contribution in [0, 0.1) is 11.3 Å². The third kappa shape index (κ3) is 6.08. The van der Waals surface area contributed by atoms with Gasteiger partial charge < -0.3 is 11.1 Å². The van der Waals surface area contributed by atoms with Crippen molar-refractivity contribution >= 4 is 24.0 Å². The highest BCUT2D eigenvalue weighted by atomic mass is 35.5. The lowest BCUT2D eigenvalue weighted by atomic mass is 9.80. The average Bonchev–Trinajstić information content (AvgIpc) is 2.28. The normalized spacial score (nSPS) is 12.5. The minimum atomic E-state index is 0. The van der Waals surface area contributed by atoms with Gasteiger partial charge in [0.25, 0.3) is 0 Å². The second kappa shape index (κ2) is 7.51. The number of hydrogen-bond donors (Lipinski definition) is 2. The van der Waals surface area contributed by atoms with Gasteiger partial charge in [-0.1, -0.05) is 39.8 Å². The molecule has 0 aromatic heterocycles. The van der Waals surface area contributed by atoms with E-state index in [0.29, 0.717) is 18.9 Å². The third-order valence-corrected chi connectivity index (χ3v) is 3.44. The van der Waals surface area contributed by atoms with E-state index in [0.717, 1.165) is 11.3 Å². The number of amides is 1. The Morgan fingerprint density at radius 1 is 1.26 bits per heavy atom.